The van der Waals surface area contributed by atoms with Crippen molar-refractivity contribution in [1.82, 2.24) is 0 Å². The molecule has 0 spiro atoms. The molecule has 26 heteroatoms. The van der Waals surface area contributed by atoms with Crippen LogP contribution in [-0.4, -0.2) is 6.15 Å². The third kappa shape index (κ3) is 13.3. The molecule has 0 nitrogen and oxygen atoms in total. The highest BCUT2D eigenvalue weighted by atomic mass is 31.1. The molecule has 0 atom stereocenters. The van der Waals surface area contributed by atoms with E-state index in [0.717, 1.165) is 0 Å². The summed E-state index contributed by atoms with van der Waals surface area (Å²) in [7, 11) is -0.446. The molecule has 76 heavy (non-hydrogen) atoms. The van der Waals surface area contributed by atoms with E-state index in [2.05, 4.69) is 91.0 Å². The highest BCUT2D eigenvalue weighted by molar-refractivity contribution is 7.79. The van der Waals surface area contributed by atoms with E-state index >= 15 is 0 Å². The second-order valence-electron chi connectivity index (χ2n) is 16.6. The highest BCUT2D eigenvalue weighted by Gasteiger charge is 2.47. The lowest BCUT2D eigenvalue weighted by Crippen LogP contribution is -2.75. The number of hydrogen-bond acceptors (Lipinski definition) is 0. The van der Waals surface area contributed by atoms with E-state index < -0.39 is 203 Å². The number of rotatable bonds is 7. The van der Waals surface area contributed by atoms with Crippen LogP contribution in [0.3, 0.4) is 0 Å². The summed E-state index contributed by atoms with van der Waals surface area (Å²) in [6, 6.07) is 23.5. The van der Waals surface area contributed by atoms with Crippen molar-refractivity contribution in [3.63, 3.8) is 0 Å². The second-order valence-corrected chi connectivity index (χ2v) is 18.8. The van der Waals surface area contributed by atoms with Gasteiger partial charge in [-0.1, -0.05) is 140 Å². The lowest BCUT2D eigenvalue weighted by molar-refractivity contribution is -0.144. The van der Waals surface area contributed by atoms with Gasteiger partial charge in [-0.25, -0.2) is 0 Å². The van der Waals surface area contributed by atoms with Crippen molar-refractivity contribution < 1.29 is 105 Å². The van der Waals surface area contributed by atoms with Gasteiger partial charge in [0.15, 0.2) is 0 Å². The second kappa shape index (κ2) is 20.7. The number of halogens is 24. The average molecular weight is 1130 g/mol. The Kier molecular flexibility index (Phi) is 16.0. The SMILES string of the molecule is FC(F)(F)c1cc([B-](c2cc(C(F)(F)F)cc(C(F)(F)F)c2)(c2cc(C(F)(F)F)cc(C(F)(F)F)c2)c2cc(C(F)(F)F)cc(C(F)(F)F)c2)cc(C(F)(F)F)c1.c1ccc(P(c2ccccc2)c2ccccc2)cc1. The van der Waals surface area contributed by atoms with Gasteiger partial charge < -0.3 is 0 Å². The number of hydrogen-bond donors (Lipinski definition) is 0. The molecule has 0 unspecified atom stereocenters. The topological polar surface area (TPSA) is 0 Å². The predicted octanol–water partition coefficient (Wildman–Crippen LogP) is 14.7. The van der Waals surface area contributed by atoms with Crippen LogP contribution in [-0.2, 0) is 49.4 Å². The Morgan fingerprint density at radius 3 is 0.487 bits per heavy atom. The van der Waals surface area contributed by atoms with Crippen molar-refractivity contribution in [1.29, 1.82) is 0 Å². The molecule has 0 amide bonds. The molecular formula is C50H27BF24P-. The first kappa shape index (κ1) is 58.6. The molecule has 7 aromatic carbocycles. The molecule has 0 aliphatic carbocycles. The zero-order valence-corrected chi connectivity index (χ0v) is 38.1. The minimum Gasteiger partial charge on any atom is -0.194 e. The standard InChI is InChI=1S/C32H12BF24.C18H15P/c34-25(35,36)13-1-14(26(37,38)39)6-21(5-13)33(22-7-15(27(40,41)42)2-16(8-22)28(43,44)45,23-9-17(29(46,47)48)3-18(10-23)30(49,50)51)24-11-19(31(52,53)54)4-20(12-24)32(55,56)57;1-4-10-16(11-5-1)19(17-12-6-2-7-13-17)18-14-8-3-9-15-18/h1-12H;1-15H/q-1;. The fourth-order valence-corrected chi connectivity index (χ4v) is 10.6. The van der Waals surface area contributed by atoms with Crippen LogP contribution in [0.4, 0.5) is 105 Å². The monoisotopic (exact) mass is 1130 g/mol. The fraction of sp³-hybridized carbons (Fsp3) is 0.160. The molecule has 0 aliphatic rings. The molecule has 0 radical (unpaired) electrons. The third-order valence-corrected chi connectivity index (χ3v) is 13.9. The summed E-state index contributed by atoms with van der Waals surface area (Å²) in [6.45, 7) is 0. The van der Waals surface area contributed by atoms with Crippen LogP contribution in [0.25, 0.3) is 0 Å². The average Bonchev–Trinajstić information content (AvgIpc) is 3.31. The van der Waals surface area contributed by atoms with E-state index in [-0.39, 0.29) is 0 Å². The zero-order chi connectivity index (χ0) is 56.8. The van der Waals surface area contributed by atoms with E-state index in [1.165, 1.54) is 15.9 Å². The molecule has 0 saturated carbocycles. The minimum absolute atomic E-state index is 0.446. The van der Waals surface area contributed by atoms with Gasteiger partial charge in [-0.2, -0.15) is 127 Å². The Bertz CT molecular complexity index is 2600. The summed E-state index contributed by atoms with van der Waals surface area (Å²) in [4.78, 5) is 0. The van der Waals surface area contributed by atoms with Gasteiger partial charge in [0.25, 0.3) is 0 Å². The Balaban J connectivity index is 0.000000408. The summed E-state index contributed by atoms with van der Waals surface area (Å²) in [5.74, 6) is 0. The largest absolute Gasteiger partial charge is 0.416 e. The molecule has 0 saturated heterocycles. The van der Waals surface area contributed by atoms with Crippen LogP contribution >= 0.6 is 7.92 Å². The first-order valence-corrected chi connectivity index (χ1v) is 22.4. The Morgan fingerprint density at radius 2 is 0.355 bits per heavy atom. The first-order valence-electron chi connectivity index (χ1n) is 21.0. The molecule has 0 N–H and O–H groups in total. The van der Waals surface area contributed by atoms with Gasteiger partial charge in [-0.05, 0) is 48.1 Å². The Labute approximate surface area is 414 Å². The van der Waals surface area contributed by atoms with E-state index in [4.69, 9.17) is 0 Å². The van der Waals surface area contributed by atoms with Crippen molar-refractivity contribution in [3.05, 3.63) is 208 Å². The van der Waals surface area contributed by atoms with Crippen molar-refractivity contribution in [2.45, 2.75) is 49.4 Å². The van der Waals surface area contributed by atoms with Crippen molar-refractivity contribution in [2.24, 2.45) is 0 Å². The first-order chi connectivity index (χ1) is 34.7. The van der Waals surface area contributed by atoms with Crippen LogP contribution in [0, 0.1) is 0 Å². The normalized spacial score (nSPS) is 13.4. The fourth-order valence-electron chi connectivity index (χ4n) is 8.25. The zero-order valence-electron chi connectivity index (χ0n) is 37.2. The minimum atomic E-state index is -6.13. The molecule has 0 heterocycles. The summed E-state index contributed by atoms with van der Waals surface area (Å²) >= 11 is 0. The van der Waals surface area contributed by atoms with Gasteiger partial charge in [0, 0.05) is 0 Å². The maximum Gasteiger partial charge on any atom is 0.416 e. The van der Waals surface area contributed by atoms with E-state index in [9.17, 15) is 105 Å². The van der Waals surface area contributed by atoms with Crippen LogP contribution < -0.4 is 37.8 Å². The van der Waals surface area contributed by atoms with Crippen LogP contribution in [0.15, 0.2) is 164 Å². The number of alkyl halides is 24. The van der Waals surface area contributed by atoms with E-state index in [1.54, 1.807) is 0 Å². The number of benzene rings is 7. The molecule has 0 aliphatic heterocycles. The van der Waals surface area contributed by atoms with Gasteiger partial charge in [0.05, 0.1) is 44.5 Å². The quantitative estimate of drug-likeness (QED) is 0.0848. The van der Waals surface area contributed by atoms with E-state index in [1.807, 2.05) is 0 Å². The van der Waals surface area contributed by atoms with Crippen LogP contribution in [0.2, 0.25) is 0 Å². The summed E-state index contributed by atoms with van der Waals surface area (Å²) in [6.07, 6.45) is -54.8. The van der Waals surface area contributed by atoms with Gasteiger partial charge in [0.2, 0.25) is 0 Å². The van der Waals surface area contributed by atoms with E-state index in [0.29, 0.717) is 0 Å². The van der Waals surface area contributed by atoms with Crippen molar-refractivity contribution >= 4 is 51.8 Å². The predicted molar refractivity (Wildman–Crippen MR) is 235 cm³/mol. The maximum absolute atomic E-state index is 14.2. The van der Waals surface area contributed by atoms with Gasteiger partial charge in [-0.15, -0.1) is 0 Å². The molecular weight excluding hydrogens is 1100 g/mol. The lowest BCUT2D eigenvalue weighted by Gasteiger charge is -2.46. The third-order valence-electron chi connectivity index (χ3n) is 11.5. The van der Waals surface area contributed by atoms with Gasteiger partial charge in [0.1, 0.15) is 6.15 Å². The van der Waals surface area contributed by atoms with Crippen molar-refractivity contribution in [2.75, 3.05) is 0 Å². The molecule has 404 valence electrons. The van der Waals surface area contributed by atoms with Crippen molar-refractivity contribution in [3.8, 4) is 0 Å². The molecule has 0 fully saturated rings. The highest BCUT2D eigenvalue weighted by Crippen LogP contribution is 2.42. The van der Waals surface area contributed by atoms with Gasteiger partial charge in [-0.3, -0.25) is 0 Å². The van der Waals surface area contributed by atoms with Crippen LogP contribution in [0.5, 0.6) is 0 Å². The van der Waals surface area contributed by atoms with Gasteiger partial charge >= 0.3 is 49.4 Å². The maximum atomic E-state index is 14.2. The molecule has 0 aromatic heterocycles. The smallest absolute Gasteiger partial charge is 0.194 e. The molecule has 7 aromatic rings. The summed E-state index contributed by atoms with van der Waals surface area (Å²) < 4.78 is 341. The Morgan fingerprint density at radius 1 is 0.211 bits per heavy atom. The summed E-state index contributed by atoms with van der Waals surface area (Å²) in [5.41, 5.74) is -30.2. The Hall–Kier alpha value is -6.65. The van der Waals surface area contributed by atoms with Crippen LogP contribution in [0.1, 0.15) is 44.5 Å². The summed E-state index contributed by atoms with van der Waals surface area (Å²) in [5, 5.41) is 4.19. The molecule has 0 bridgehead atoms. The molecule has 7 rings (SSSR count). The lowest BCUT2D eigenvalue weighted by atomic mass is 9.12.